The van der Waals surface area contributed by atoms with E-state index in [1.165, 1.54) is 80.8 Å². The minimum absolute atomic E-state index is 0.0968. The third-order valence-electron chi connectivity index (χ3n) is 10.6. The van der Waals surface area contributed by atoms with E-state index in [0.29, 0.717) is 0 Å². The van der Waals surface area contributed by atoms with Gasteiger partial charge in [0.05, 0.1) is 11.4 Å². The van der Waals surface area contributed by atoms with E-state index in [1.54, 1.807) is 0 Å². The second-order valence-corrected chi connectivity index (χ2v) is 14.8. The van der Waals surface area contributed by atoms with Gasteiger partial charge in [-0.2, -0.15) is 0 Å². The van der Waals surface area contributed by atoms with Gasteiger partial charge in [-0.25, -0.2) is 0 Å². The van der Waals surface area contributed by atoms with Gasteiger partial charge >= 0.3 is 0 Å². The largest absolute Gasteiger partial charge is 0.309 e. The van der Waals surface area contributed by atoms with Gasteiger partial charge in [0.1, 0.15) is 0 Å². The maximum Gasteiger partial charge on any atom is 0.0543 e. The lowest BCUT2D eigenvalue weighted by Gasteiger charge is -2.31. The molecule has 0 amide bonds. The first-order chi connectivity index (χ1) is 24.0. The van der Waals surface area contributed by atoms with Crippen LogP contribution in [0.3, 0.4) is 0 Å². The highest BCUT2D eigenvalue weighted by atomic mass is 32.1. The van der Waals surface area contributed by atoms with E-state index in [4.69, 9.17) is 0 Å². The molecule has 0 saturated carbocycles. The molecule has 0 saturated heterocycles. The smallest absolute Gasteiger partial charge is 0.0543 e. The highest BCUT2D eigenvalue weighted by Gasteiger charge is 2.38. The van der Waals surface area contributed by atoms with Gasteiger partial charge in [0.15, 0.2) is 0 Å². The number of hydrogen-bond acceptors (Lipinski definition) is 2. The summed E-state index contributed by atoms with van der Waals surface area (Å²) in [5.74, 6) is 0. The van der Waals surface area contributed by atoms with E-state index in [1.807, 2.05) is 11.3 Å². The first-order valence-electron chi connectivity index (χ1n) is 17.0. The molecule has 0 bridgehead atoms. The quantitative estimate of drug-likeness (QED) is 0.184. The zero-order valence-corrected chi connectivity index (χ0v) is 28.3. The van der Waals surface area contributed by atoms with E-state index in [2.05, 4.69) is 183 Å². The summed E-state index contributed by atoms with van der Waals surface area (Å²) < 4.78 is 2.67. The second kappa shape index (κ2) is 10.7. The summed E-state index contributed by atoms with van der Waals surface area (Å²) >= 11 is 1.88. The van der Waals surface area contributed by atoms with Crippen LogP contribution in [0.4, 0.5) is 17.1 Å². The van der Waals surface area contributed by atoms with E-state index < -0.39 is 0 Å². The average Bonchev–Trinajstić information content (AvgIpc) is 3.62. The van der Waals surface area contributed by atoms with Crippen LogP contribution < -0.4 is 4.90 Å². The lowest BCUT2D eigenvalue weighted by atomic mass is 9.82. The van der Waals surface area contributed by atoms with Crippen molar-refractivity contribution in [2.45, 2.75) is 19.3 Å². The third-order valence-corrected chi connectivity index (χ3v) is 11.7. The molecule has 1 aliphatic rings. The van der Waals surface area contributed by atoms with Crippen molar-refractivity contribution in [3.8, 4) is 22.3 Å². The first-order valence-corrected chi connectivity index (χ1v) is 17.8. The van der Waals surface area contributed by atoms with Gasteiger partial charge in [-0.15, -0.1) is 11.3 Å². The predicted molar refractivity (Wildman–Crippen MR) is 212 cm³/mol. The summed E-state index contributed by atoms with van der Waals surface area (Å²) in [7, 11) is 0. The number of nitrogens with zero attached hydrogens (tertiary/aromatic N) is 1. The molecular weight excluding hydrogens is 611 g/mol. The number of hydrogen-bond donors (Lipinski definition) is 0. The molecule has 0 unspecified atom stereocenters. The number of fused-ring (bicyclic) bond motifs is 8. The van der Waals surface area contributed by atoms with E-state index in [9.17, 15) is 0 Å². The molecule has 0 spiro atoms. The van der Waals surface area contributed by atoms with Crippen molar-refractivity contribution in [2.24, 2.45) is 0 Å². The van der Waals surface area contributed by atoms with E-state index in [-0.39, 0.29) is 5.41 Å². The predicted octanol–water partition coefficient (Wildman–Crippen LogP) is 13.8. The Morgan fingerprint density at radius 1 is 0.449 bits per heavy atom. The molecule has 232 valence electrons. The summed E-state index contributed by atoms with van der Waals surface area (Å²) in [6.07, 6.45) is 0. The van der Waals surface area contributed by atoms with Crippen molar-refractivity contribution < 1.29 is 0 Å². The molecule has 1 aromatic heterocycles. The molecular formula is C47H33NS. The second-order valence-electron chi connectivity index (χ2n) is 13.8. The number of rotatable bonds is 4. The van der Waals surface area contributed by atoms with Crippen LogP contribution in [0.15, 0.2) is 164 Å². The van der Waals surface area contributed by atoms with Crippen LogP contribution in [0.5, 0.6) is 0 Å². The molecule has 1 nitrogen and oxygen atoms in total. The summed E-state index contributed by atoms with van der Waals surface area (Å²) in [4.78, 5) is 2.51. The van der Waals surface area contributed by atoms with Crippen LogP contribution in [-0.2, 0) is 5.41 Å². The monoisotopic (exact) mass is 643 g/mol. The zero-order valence-electron chi connectivity index (χ0n) is 27.4. The molecule has 8 aromatic carbocycles. The SMILES string of the molecule is CC1(C)c2ccccc2-c2c(N(c3ccc4cc5sc6ccccc6c5cc4c3)c3ccccc3-c3ccc4ccccc4c3)cccc21. The van der Waals surface area contributed by atoms with Crippen molar-refractivity contribution in [1.82, 2.24) is 0 Å². The maximum absolute atomic E-state index is 2.51. The summed E-state index contributed by atoms with van der Waals surface area (Å²) in [5, 5.41) is 7.65. The van der Waals surface area contributed by atoms with E-state index in [0.717, 1.165) is 11.4 Å². The van der Waals surface area contributed by atoms with Crippen LogP contribution in [0.25, 0.3) is 64.0 Å². The Kier molecular flexibility index (Phi) is 6.16. The molecule has 0 radical (unpaired) electrons. The topological polar surface area (TPSA) is 3.24 Å². The Morgan fingerprint density at radius 2 is 1.14 bits per heavy atom. The van der Waals surface area contributed by atoms with Crippen LogP contribution in [0.2, 0.25) is 0 Å². The lowest BCUT2D eigenvalue weighted by molar-refractivity contribution is 0.660. The molecule has 2 heteroatoms. The lowest BCUT2D eigenvalue weighted by Crippen LogP contribution is -2.16. The Morgan fingerprint density at radius 3 is 2.06 bits per heavy atom. The van der Waals surface area contributed by atoms with Gasteiger partial charge in [0, 0.05) is 42.4 Å². The van der Waals surface area contributed by atoms with Crippen LogP contribution in [-0.4, -0.2) is 0 Å². The molecule has 49 heavy (non-hydrogen) atoms. The van der Waals surface area contributed by atoms with Gasteiger partial charge in [0.2, 0.25) is 0 Å². The maximum atomic E-state index is 2.51. The average molecular weight is 644 g/mol. The summed E-state index contributed by atoms with van der Waals surface area (Å²) in [6.45, 7) is 4.72. The fourth-order valence-electron chi connectivity index (χ4n) is 8.19. The Bertz CT molecular complexity index is 2770. The van der Waals surface area contributed by atoms with Crippen LogP contribution in [0, 0.1) is 0 Å². The van der Waals surface area contributed by atoms with Crippen LogP contribution >= 0.6 is 11.3 Å². The van der Waals surface area contributed by atoms with Gasteiger partial charge in [-0.05, 0) is 92.3 Å². The Balaban J connectivity index is 1.26. The standard InChI is InChI=1S/C47H33NS/c1-47(2)40-17-8-5-16-38(40)46-41(47)18-11-20-43(46)48(42-19-9-6-14-36(42)33-23-22-30-12-3-4-13-31(30)26-33)35-25-24-32-29-45-39(28-34(32)27-35)37-15-7-10-21-44(37)49-45/h3-29H,1-2H3. The number of thiophene rings is 1. The Hall–Kier alpha value is -5.70. The highest BCUT2D eigenvalue weighted by molar-refractivity contribution is 7.25. The molecule has 10 rings (SSSR count). The normalized spacial score (nSPS) is 13.3. The minimum atomic E-state index is -0.0968. The van der Waals surface area contributed by atoms with Crippen molar-refractivity contribution >= 4 is 70.1 Å². The summed E-state index contributed by atoms with van der Waals surface area (Å²) in [6, 6.07) is 60.8. The van der Waals surface area contributed by atoms with Gasteiger partial charge in [-0.3, -0.25) is 0 Å². The van der Waals surface area contributed by atoms with E-state index >= 15 is 0 Å². The first kappa shape index (κ1) is 28.3. The minimum Gasteiger partial charge on any atom is -0.309 e. The highest BCUT2D eigenvalue weighted by Crippen LogP contribution is 2.55. The fraction of sp³-hybridized carbons (Fsp3) is 0.0638. The number of para-hydroxylation sites is 1. The number of benzene rings is 8. The molecule has 0 atom stereocenters. The zero-order chi connectivity index (χ0) is 32.7. The third kappa shape index (κ3) is 4.31. The number of anilines is 3. The van der Waals surface area contributed by atoms with Gasteiger partial charge in [-0.1, -0.05) is 129 Å². The van der Waals surface area contributed by atoms with Crippen molar-refractivity contribution in [1.29, 1.82) is 0 Å². The van der Waals surface area contributed by atoms with Gasteiger partial charge < -0.3 is 4.90 Å². The van der Waals surface area contributed by atoms with Crippen molar-refractivity contribution in [3.05, 3.63) is 175 Å². The van der Waals surface area contributed by atoms with Crippen molar-refractivity contribution in [2.75, 3.05) is 4.90 Å². The molecule has 0 fully saturated rings. The fourth-order valence-corrected chi connectivity index (χ4v) is 9.33. The van der Waals surface area contributed by atoms with Crippen LogP contribution in [0.1, 0.15) is 25.0 Å². The molecule has 0 aliphatic heterocycles. The molecule has 1 heterocycles. The van der Waals surface area contributed by atoms with Gasteiger partial charge in [0.25, 0.3) is 0 Å². The van der Waals surface area contributed by atoms with Crippen molar-refractivity contribution in [3.63, 3.8) is 0 Å². The molecule has 1 aliphatic carbocycles. The molecule has 0 N–H and O–H groups in total. The Labute approximate surface area is 290 Å². The molecule has 9 aromatic rings. The summed E-state index contributed by atoms with van der Waals surface area (Å²) in [5.41, 5.74) is 11.2.